The fourth-order valence-corrected chi connectivity index (χ4v) is 3.88. The quantitative estimate of drug-likeness (QED) is 0.719. The maximum Gasteiger partial charge on any atom is 0.0931 e. The highest BCUT2D eigenvalue weighted by molar-refractivity contribution is 7.16. The van der Waals surface area contributed by atoms with Crippen molar-refractivity contribution < 1.29 is 0 Å². The fourth-order valence-electron chi connectivity index (χ4n) is 2.72. The summed E-state index contributed by atoms with van der Waals surface area (Å²) in [5.41, 5.74) is 0.479. The Labute approximate surface area is 139 Å². The number of nitrogens with one attached hydrogen (secondary N) is 1. The van der Waals surface area contributed by atoms with Gasteiger partial charge in [-0.1, -0.05) is 31.9 Å². The van der Waals surface area contributed by atoms with Gasteiger partial charge in [-0.05, 0) is 51.8 Å². The van der Waals surface area contributed by atoms with Crippen molar-refractivity contribution in [2.75, 3.05) is 20.1 Å². The molecule has 2 nitrogen and oxygen atoms in total. The van der Waals surface area contributed by atoms with Crippen LogP contribution < -0.4 is 5.32 Å². The molecule has 21 heavy (non-hydrogen) atoms. The molecule has 0 spiro atoms. The first kappa shape index (κ1) is 19.0. The summed E-state index contributed by atoms with van der Waals surface area (Å²) < 4.78 is 0.879. The van der Waals surface area contributed by atoms with Crippen molar-refractivity contribution in [2.24, 2.45) is 5.41 Å². The molecule has 1 aromatic rings. The van der Waals surface area contributed by atoms with Crippen molar-refractivity contribution in [1.29, 1.82) is 0 Å². The Balaban J connectivity index is 2.59. The molecule has 0 fully saturated rings. The lowest BCUT2D eigenvalue weighted by Crippen LogP contribution is -2.46. The Kier molecular flexibility index (Phi) is 7.18. The molecular weight excluding hydrogens is 300 g/mol. The zero-order valence-corrected chi connectivity index (χ0v) is 16.0. The summed E-state index contributed by atoms with van der Waals surface area (Å²) in [5, 5.41) is 3.68. The van der Waals surface area contributed by atoms with E-state index in [4.69, 9.17) is 11.6 Å². The first-order chi connectivity index (χ1) is 9.63. The number of hydrogen-bond donors (Lipinski definition) is 1. The van der Waals surface area contributed by atoms with Gasteiger partial charge in [-0.2, -0.15) is 0 Å². The molecule has 1 heterocycles. The summed E-state index contributed by atoms with van der Waals surface area (Å²) >= 11 is 7.70. The van der Waals surface area contributed by atoms with Gasteiger partial charge in [-0.3, -0.25) is 0 Å². The van der Waals surface area contributed by atoms with Crippen molar-refractivity contribution in [3.05, 3.63) is 21.3 Å². The van der Waals surface area contributed by atoms with Gasteiger partial charge in [0.1, 0.15) is 0 Å². The molecular formula is C17H31ClN2S. The fraction of sp³-hybridized carbons (Fsp3) is 0.765. The molecule has 1 atom stereocenters. The third-order valence-corrected chi connectivity index (χ3v) is 4.82. The van der Waals surface area contributed by atoms with E-state index >= 15 is 0 Å². The van der Waals surface area contributed by atoms with Crippen molar-refractivity contribution >= 4 is 22.9 Å². The van der Waals surface area contributed by atoms with Gasteiger partial charge in [-0.25, -0.2) is 0 Å². The lowest BCUT2D eigenvalue weighted by Gasteiger charge is -2.36. The molecule has 0 radical (unpaired) electrons. The molecule has 0 amide bonds. The van der Waals surface area contributed by atoms with Crippen LogP contribution in [0.1, 0.15) is 52.3 Å². The van der Waals surface area contributed by atoms with Crippen LogP contribution in [0.4, 0.5) is 0 Å². The van der Waals surface area contributed by atoms with E-state index in [-0.39, 0.29) is 5.54 Å². The lowest BCUT2D eigenvalue weighted by atomic mass is 9.84. The molecule has 0 aliphatic heterocycles. The van der Waals surface area contributed by atoms with E-state index in [0.717, 1.165) is 24.0 Å². The molecule has 0 bridgehead atoms. The van der Waals surface area contributed by atoms with Crippen LogP contribution in [-0.2, 0) is 6.54 Å². The van der Waals surface area contributed by atoms with Crippen LogP contribution in [0.15, 0.2) is 12.1 Å². The zero-order valence-electron chi connectivity index (χ0n) is 14.4. The third kappa shape index (κ3) is 7.64. The van der Waals surface area contributed by atoms with Crippen LogP contribution in [0.3, 0.4) is 0 Å². The topological polar surface area (TPSA) is 15.3 Å². The minimum absolute atomic E-state index is 0.175. The van der Waals surface area contributed by atoms with Crippen LogP contribution in [0, 0.1) is 5.41 Å². The molecule has 4 heteroatoms. The molecule has 0 saturated carbocycles. The van der Waals surface area contributed by atoms with Crippen LogP contribution in [0.2, 0.25) is 4.34 Å². The van der Waals surface area contributed by atoms with Crippen LogP contribution in [0.25, 0.3) is 0 Å². The Hall–Kier alpha value is -0.0900. The molecule has 1 rings (SSSR count). The van der Waals surface area contributed by atoms with Crippen LogP contribution in [-0.4, -0.2) is 30.6 Å². The smallest absolute Gasteiger partial charge is 0.0931 e. The highest BCUT2D eigenvalue weighted by Crippen LogP contribution is 2.27. The van der Waals surface area contributed by atoms with Crippen LogP contribution in [0.5, 0.6) is 0 Å². The molecule has 1 unspecified atom stereocenters. The predicted octanol–water partition coefficient (Wildman–Crippen LogP) is 5.03. The van der Waals surface area contributed by atoms with Crippen molar-refractivity contribution in [3.8, 4) is 0 Å². The number of nitrogens with zero attached hydrogens (tertiary/aromatic N) is 1. The van der Waals surface area contributed by atoms with Crippen molar-refractivity contribution in [3.63, 3.8) is 0 Å². The van der Waals surface area contributed by atoms with Gasteiger partial charge in [0, 0.05) is 30.1 Å². The average molecular weight is 331 g/mol. The van der Waals surface area contributed by atoms with E-state index < -0.39 is 0 Å². The number of halogens is 1. The maximum absolute atomic E-state index is 6.02. The van der Waals surface area contributed by atoms with Gasteiger partial charge in [0.15, 0.2) is 0 Å². The minimum Gasteiger partial charge on any atom is -0.311 e. The Morgan fingerprint density at radius 2 is 1.90 bits per heavy atom. The van der Waals surface area contributed by atoms with E-state index in [1.807, 2.05) is 6.07 Å². The Bertz CT molecular complexity index is 425. The molecule has 122 valence electrons. The SMILES string of the molecule is CCCC(C)(CNC(C)(C)C)CN(C)Cc1ccc(Cl)s1. The lowest BCUT2D eigenvalue weighted by molar-refractivity contribution is 0.158. The molecule has 0 aliphatic carbocycles. The molecule has 1 N–H and O–H groups in total. The van der Waals surface area contributed by atoms with Crippen molar-refractivity contribution in [2.45, 2.75) is 59.5 Å². The molecule has 0 saturated heterocycles. The van der Waals surface area contributed by atoms with Crippen LogP contribution >= 0.6 is 22.9 Å². The highest BCUT2D eigenvalue weighted by atomic mass is 35.5. The summed E-state index contributed by atoms with van der Waals surface area (Å²) in [6, 6.07) is 4.12. The van der Waals surface area contributed by atoms with Gasteiger partial charge < -0.3 is 10.2 Å². The van der Waals surface area contributed by atoms with Gasteiger partial charge in [0.05, 0.1) is 4.34 Å². The van der Waals surface area contributed by atoms with Gasteiger partial charge in [-0.15, -0.1) is 11.3 Å². The van der Waals surface area contributed by atoms with E-state index in [9.17, 15) is 0 Å². The second kappa shape index (κ2) is 7.96. The second-order valence-electron chi connectivity index (χ2n) is 7.54. The summed E-state index contributed by atoms with van der Waals surface area (Å²) in [6.07, 6.45) is 2.46. The predicted molar refractivity (Wildman–Crippen MR) is 96.4 cm³/mol. The monoisotopic (exact) mass is 330 g/mol. The highest BCUT2D eigenvalue weighted by Gasteiger charge is 2.27. The van der Waals surface area contributed by atoms with E-state index in [1.165, 1.54) is 17.7 Å². The number of rotatable bonds is 8. The summed E-state index contributed by atoms with van der Waals surface area (Å²) in [5.74, 6) is 0. The number of hydrogen-bond acceptors (Lipinski definition) is 3. The standard InChI is InChI=1S/C17H31ClN2S/c1-7-10-17(5,12-19-16(2,3)4)13-20(6)11-14-8-9-15(18)21-14/h8-9,19H,7,10-13H2,1-6H3. The van der Waals surface area contributed by atoms with E-state index in [0.29, 0.717) is 5.41 Å². The maximum atomic E-state index is 6.02. The van der Waals surface area contributed by atoms with Crippen molar-refractivity contribution in [1.82, 2.24) is 10.2 Å². The second-order valence-corrected chi connectivity index (χ2v) is 9.34. The Morgan fingerprint density at radius 1 is 1.24 bits per heavy atom. The largest absolute Gasteiger partial charge is 0.311 e. The summed E-state index contributed by atoms with van der Waals surface area (Å²) in [6.45, 7) is 14.5. The summed E-state index contributed by atoms with van der Waals surface area (Å²) in [4.78, 5) is 3.76. The van der Waals surface area contributed by atoms with E-state index in [1.54, 1.807) is 11.3 Å². The number of thiophene rings is 1. The zero-order chi connectivity index (χ0) is 16.1. The normalized spacial score (nSPS) is 15.4. The molecule has 0 aliphatic rings. The Morgan fingerprint density at radius 3 is 2.38 bits per heavy atom. The molecule has 0 aromatic carbocycles. The first-order valence-corrected chi connectivity index (χ1v) is 9.01. The average Bonchev–Trinajstić information content (AvgIpc) is 2.71. The minimum atomic E-state index is 0.175. The first-order valence-electron chi connectivity index (χ1n) is 7.81. The van der Waals surface area contributed by atoms with Gasteiger partial charge in [0.25, 0.3) is 0 Å². The molecule has 1 aromatic heterocycles. The van der Waals surface area contributed by atoms with Gasteiger partial charge >= 0.3 is 0 Å². The van der Waals surface area contributed by atoms with Gasteiger partial charge in [0.2, 0.25) is 0 Å². The third-order valence-electron chi connectivity index (χ3n) is 3.61. The summed E-state index contributed by atoms with van der Waals surface area (Å²) in [7, 11) is 2.21. The van der Waals surface area contributed by atoms with E-state index in [2.05, 4.69) is 57.9 Å².